The lowest BCUT2D eigenvalue weighted by atomic mass is 9.99. The first kappa shape index (κ1) is 13.0. The van der Waals surface area contributed by atoms with Gasteiger partial charge in [0.25, 0.3) is 0 Å². The Morgan fingerprint density at radius 2 is 2.22 bits per heavy atom. The summed E-state index contributed by atoms with van der Waals surface area (Å²) in [7, 11) is 1.62. The topological polar surface area (TPSA) is 66.8 Å². The van der Waals surface area contributed by atoms with Gasteiger partial charge in [0.05, 0.1) is 6.04 Å². The highest BCUT2D eigenvalue weighted by atomic mass is 32.1. The van der Waals surface area contributed by atoms with Gasteiger partial charge in [-0.1, -0.05) is 0 Å². The van der Waals surface area contributed by atoms with Gasteiger partial charge in [0, 0.05) is 16.8 Å². The average Bonchev–Trinajstić information content (AvgIpc) is 2.61. The van der Waals surface area contributed by atoms with Crippen molar-refractivity contribution in [2.45, 2.75) is 26.0 Å². The van der Waals surface area contributed by atoms with Crippen molar-refractivity contribution in [3.05, 3.63) is 21.4 Å². The normalized spacial score (nSPS) is 24.4. The molecule has 1 amide bonds. The summed E-state index contributed by atoms with van der Waals surface area (Å²) in [5, 5.41) is 9.21. The standard InChI is InChI=1S/C12H15NO4S/c1-6-4-8(7(2)18-6)10-11(12(15)16)17-5-9(14)13(10)3/h4,10-11H,5H2,1-3H3,(H,15,16). The molecule has 1 aliphatic rings. The number of hydrogen-bond donors (Lipinski definition) is 1. The highest BCUT2D eigenvalue weighted by Gasteiger charge is 2.41. The molecule has 1 aromatic heterocycles. The molecular weight excluding hydrogens is 254 g/mol. The maximum absolute atomic E-state index is 11.7. The van der Waals surface area contributed by atoms with Gasteiger partial charge in [0.2, 0.25) is 5.91 Å². The Kier molecular flexibility index (Phi) is 3.41. The first-order valence-electron chi connectivity index (χ1n) is 5.59. The van der Waals surface area contributed by atoms with Gasteiger partial charge in [-0.05, 0) is 25.5 Å². The Bertz CT molecular complexity index is 496. The van der Waals surface area contributed by atoms with Crippen molar-refractivity contribution < 1.29 is 19.4 Å². The molecule has 2 rings (SSSR count). The molecule has 0 bridgehead atoms. The molecule has 98 valence electrons. The number of hydrogen-bond acceptors (Lipinski definition) is 4. The first-order valence-corrected chi connectivity index (χ1v) is 6.40. The summed E-state index contributed by atoms with van der Waals surface area (Å²) in [5.41, 5.74) is 0.862. The average molecular weight is 269 g/mol. The third kappa shape index (κ3) is 2.13. The van der Waals surface area contributed by atoms with E-state index in [0.29, 0.717) is 0 Å². The zero-order valence-corrected chi connectivity index (χ0v) is 11.3. The molecule has 6 heteroatoms. The second kappa shape index (κ2) is 4.70. The number of rotatable bonds is 2. The van der Waals surface area contributed by atoms with Crippen LogP contribution in [0.15, 0.2) is 6.07 Å². The largest absolute Gasteiger partial charge is 0.479 e. The Hall–Kier alpha value is -1.40. The summed E-state index contributed by atoms with van der Waals surface area (Å²) in [6, 6.07) is 1.38. The van der Waals surface area contributed by atoms with Crippen LogP contribution in [0.5, 0.6) is 0 Å². The monoisotopic (exact) mass is 269 g/mol. The maximum Gasteiger partial charge on any atom is 0.335 e. The molecule has 18 heavy (non-hydrogen) atoms. The zero-order valence-electron chi connectivity index (χ0n) is 10.5. The van der Waals surface area contributed by atoms with E-state index >= 15 is 0 Å². The first-order chi connectivity index (χ1) is 8.41. The van der Waals surface area contributed by atoms with Crippen molar-refractivity contribution in [1.82, 2.24) is 4.90 Å². The highest BCUT2D eigenvalue weighted by Crippen LogP contribution is 2.35. The lowest BCUT2D eigenvalue weighted by Gasteiger charge is -2.36. The number of likely N-dealkylation sites (N-methyl/N-ethyl adjacent to an activating group) is 1. The SMILES string of the molecule is Cc1cc(C2C(C(=O)O)OCC(=O)N2C)c(C)s1. The third-order valence-corrected chi connectivity index (χ3v) is 4.11. The number of carboxylic acids is 1. The van der Waals surface area contributed by atoms with Crippen LogP contribution in [-0.4, -0.2) is 41.6 Å². The molecule has 1 aromatic rings. The van der Waals surface area contributed by atoms with Crippen molar-refractivity contribution in [2.75, 3.05) is 13.7 Å². The van der Waals surface area contributed by atoms with Crippen LogP contribution in [0.25, 0.3) is 0 Å². The van der Waals surface area contributed by atoms with Gasteiger partial charge < -0.3 is 14.7 Å². The van der Waals surface area contributed by atoms with Gasteiger partial charge in [-0.25, -0.2) is 4.79 Å². The molecule has 0 saturated carbocycles. The Morgan fingerprint density at radius 3 is 2.72 bits per heavy atom. The van der Waals surface area contributed by atoms with Crippen LogP contribution in [-0.2, 0) is 14.3 Å². The Labute approximate surface area is 109 Å². The molecule has 2 atom stereocenters. The van der Waals surface area contributed by atoms with E-state index in [0.717, 1.165) is 15.3 Å². The number of carboxylic acid groups (broad SMARTS) is 1. The van der Waals surface area contributed by atoms with Crippen molar-refractivity contribution in [2.24, 2.45) is 0 Å². The van der Waals surface area contributed by atoms with Crippen LogP contribution in [0.4, 0.5) is 0 Å². The summed E-state index contributed by atoms with van der Waals surface area (Å²) >= 11 is 1.59. The van der Waals surface area contributed by atoms with Crippen molar-refractivity contribution in [1.29, 1.82) is 0 Å². The minimum absolute atomic E-state index is 0.174. The van der Waals surface area contributed by atoms with Gasteiger partial charge in [-0.3, -0.25) is 4.79 Å². The van der Waals surface area contributed by atoms with E-state index in [-0.39, 0.29) is 12.5 Å². The minimum Gasteiger partial charge on any atom is -0.479 e. The van der Waals surface area contributed by atoms with Crippen molar-refractivity contribution in [3.8, 4) is 0 Å². The molecule has 0 spiro atoms. The summed E-state index contributed by atoms with van der Waals surface area (Å²) in [6.45, 7) is 3.72. The number of ether oxygens (including phenoxy) is 1. The minimum atomic E-state index is -1.04. The predicted octanol–water partition coefficient (Wildman–Crippen LogP) is 1.35. The number of carbonyl (C=O) groups is 2. The van der Waals surface area contributed by atoms with Gasteiger partial charge in [0.1, 0.15) is 6.61 Å². The van der Waals surface area contributed by atoms with Crippen LogP contribution in [0.1, 0.15) is 21.4 Å². The van der Waals surface area contributed by atoms with E-state index in [9.17, 15) is 14.7 Å². The van der Waals surface area contributed by atoms with E-state index in [2.05, 4.69) is 0 Å². The molecular formula is C12H15NO4S. The second-order valence-electron chi connectivity index (χ2n) is 4.39. The van der Waals surface area contributed by atoms with E-state index < -0.39 is 18.1 Å². The van der Waals surface area contributed by atoms with Crippen molar-refractivity contribution >= 4 is 23.2 Å². The second-order valence-corrected chi connectivity index (χ2v) is 5.85. The fourth-order valence-electron chi connectivity index (χ4n) is 2.23. The predicted molar refractivity (Wildman–Crippen MR) is 66.7 cm³/mol. The quantitative estimate of drug-likeness (QED) is 0.880. The van der Waals surface area contributed by atoms with Gasteiger partial charge in [0.15, 0.2) is 6.10 Å². The van der Waals surface area contributed by atoms with Crippen LogP contribution in [0.3, 0.4) is 0 Å². The molecule has 1 aliphatic heterocycles. The molecule has 2 heterocycles. The van der Waals surface area contributed by atoms with Crippen molar-refractivity contribution in [3.63, 3.8) is 0 Å². The summed E-state index contributed by atoms with van der Waals surface area (Å²) < 4.78 is 5.17. The molecule has 0 aromatic carbocycles. The number of carbonyl (C=O) groups excluding carboxylic acids is 1. The van der Waals surface area contributed by atoms with Crippen LogP contribution >= 0.6 is 11.3 Å². The van der Waals surface area contributed by atoms with E-state index in [1.807, 2.05) is 19.9 Å². The number of morpholine rings is 1. The molecule has 1 N–H and O–H groups in total. The summed E-state index contributed by atoms with van der Waals surface area (Å²) in [6.07, 6.45) is -1.000. The summed E-state index contributed by atoms with van der Waals surface area (Å²) in [5.74, 6) is -1.23. The fourth-order valence-corrected chi connectivity index (χ4v) is 3.20. The molecule has 1 saturated heterocycles. The molecule has 2 unspecified atom stereocenters. The zero-order chi connectivity index (χ0) is 13.4. The molecule has 0 radical (unpaired) electrons. The van der Waals surface area contributed by atoms with Crippen LogP contribution < -0.4 is 0 Å². The number of thiophene rings is 1. The van der Waals surface area contributed by atoms with E-state index in [1.54, 1.807) is 18.4 Å². The Morgan fingerprint density at radius 1 is 1.56 bits per heavy atom. The fraction of sp³-hybridized carbons (Fsp3) is 0.500. The maximum atomic E-state index is 11.7. The Balaban J connectivity index is 2.44. The van der Waals surface area contributed by atoms with Crippen LogP contribution in [0, 0.1) is 13.8 Å². The lowest BCUT2D eigenvalue weighted by molar-refractivity contribution is -0.171. The number of nitrogens with zero attached hydrogens (tertiary/aromatic N) is 1. The number of aryl methyl sites for hydroxylation is 2. The third-order valence-electron chi connectivity index (χ3n) is 3.13. The van der Waals surface area contributed by atoms with E-state index in [4.69, 9.17) is 4.74 Å². The van der Waals surface area contributed by atoms with Crippen LogP contribution in [0.2, 0.25) is 0 Å². The van der Waals surface area contributed by atoms with Gasteiger partial charge in [-0.15, -0.1) is 11.3 Å². The van der Waals surface area contributed by atoms with Gasteiger partial charge in [-0.2, -0.15) is 0 Å². The van der Waals surface area contributed by atoms with Gasteiger partial charge >= 0.3 is 5.97 Å². The molecule has 0 aliphatic carbocycles. The van der Waals surface area contributed by atoms with E-state index in [1.165, 1.54) is 4.90 Å². The smallest absolute Gasteiger partial charge is 0.335 e. The number of aliphatic carboxylic acids is 1. The molecule has 1 fully saturated rings. The molecule has 5 nitrogen and oxygen atoms in total. The number of amides is 1. The lowest BCUT2D eigenvalue weighted by Crippen LogP contribution is -2.50. The summed E-state index contributed by atoms with van der Waals surface area (Å²) in [4.78, 5) is 26.5. The highest BCUT2D eigenvalue weighted by molar-refractivity contribution is 7.12.